The van der Waals surface area contributed by atoms with Crippen molar-refractivity contribution < 1.29 is 9.21 Å². The third-order valence-electron chi connectivity index (χ3n) is 1.40. The van der Waals surface area contributed by atoms with E-state index >= 15 is 0 Å². The van der Waals surface area contributed by atoms with E-state index in [2.05, 4.69) is 17.9 Å². The van der Waals surface area contributed by atoms with Gasteiger partial charge in [0.05, 0.1) is 12.3 Å². The maximum absolute atomic E-state index is 10.8. The number of carbonyl (C=O) groups is 1. The number of hydrogen-bond acceptors (Lipinski definition) is 3. The molecule has 0 spiro atoms. The van der Waals surface area contributed by atoms with E-state index < -0.39 is 0 Å². The molecule has 0 radical (unpaired) electrons. The SMILES string of the molecule is Cc1ccc(CNC(=O)CS)o1. The van der Waals surface area contributed by atoms with Crippen LogP contribution < -0.4 is 5.32 Å². The van der Waals surface area contributed by atoms with Gasteiger partial charge in [-0.05, 0) is 19.1 Å². The monoisotopic (exact) mass is 185 g/mol. The van der Waals surface area contributed by atoms with E-state index in [1.54, 1.807) is 0 Å². The molecule has 1 rings (SSSR count). The lowest BCUT2D eigenvalue weighted by Gasteiger charge is -1.98. The first-order valence-corrected chi connectivity index (χ1v) is 4.28. The molecule has 1 aromatic heterocycles. The van der Waals surface area contributed by atoms with E-state index in [0.717, 1.165) is 11.5 Å². The summed E-state index contributed by atoms with van der Waals surface area (Å²) in [6.45, 7) is 2.30. The number of nitrogens with one attached hydrogen (secondary N) is 1. The van der Waals surface area contributed by atoms with Crippen LogP contribution in [0, 0.1) is 6.92 Å². The minimum atomic E-state index is -0.0904. The van der Waals surface area contributed by atoms with Crippen LogP contribution in [0.2, 0.25) is 0 Å². The Hall–Kier alpha value is -0.900. The van der Waals surface area contributed by atoms with E-state index in [1.165, 1.54) is 0 Å². The fraction of sp³-hybridized carbons (Fsp3) is 0.375. The zero-order valence-electron chi connectivity index (χ0n) is 6.83. The van der Waals surface area contributed by atoms with Crippen molar-refractivity contribution in [1.29, 1.82) is 0 Å². The summed E-state index contributed by atoms with van der Waals surface area (Å²) in [5.74, 6) is 1.74. The minimum Gasteiger partial charge on any atom is -0.465 e. The van der Waals surface area contributed by atoms with Gasteiger partial charge in [-0.15, -0.1) is 0 Å². The summed E-state index contributed by atoms with van der Waals surface area (Å²) in [5.41, 5.74) is 0. The Bertz CT molecular complexity index is 270. The van der Waals surface area contributed by atoms with Crippen LogP contribution in [0.4, 0.5) is 0 Å². The summed E-state index contributed by atoms with van der Waals surface area (Å²) in [6, 6.07) is 3.70. The second kappa shape index (κ2) is 4.21. The Morgan fingerprint density at radius 2 is 2.42 bits per heavy atom. The molecule has 0 fully saturated rings. The Morgan fingerprint density at radius 3 is 2.92 bits per heavy atom. The highest BCUT2D eigenvalue weighted by molar-refractivity contribution is 7.81. The number of hydrogen-bond donors (Lipinski definition) is 2. The molecule has 3 nitrogen and oxygen atoms in total. The molecule has 66 valence electrons. The zero-order chi connectivity index (χ0) is 8.97. The first kappa shape index (κ1) is 9.19. The third kappa shape index (κ3) is 2.62. The van der Waals surface area contributed by atoms with Crippen molar-refractivity contribution in [3.05, 3.63) is 23.7 Å². The molecule has 0 aliphatic heterocycles. The maximum Gasteiger partial charge on any atom is 0.230 e. The molecular formula is C8H11NO2S. The molecule has 0 bridgehead atoms. The fourth-order valence-electron chi connectivity index (χ4n) is 0.822. The van der Waals surface area contributed by atoms with Crippen molar-refractivity contribution >= 4 is 18.5 Å². The Labute approximate surface area is 76.6 Å². The van der Waals surface area contributed by atoms with Gasteiger partial charge < -0.3 is 9.73 Å². The quantitative estimate of drug-likeness (QED) is 0.693. The first-order chi connectivity index (χ1) is 5.72. The van der Waals surface area contributed by atoms with Crippen molar-refractivity contribution in [2.75, 3.05) is 5.75 Å². The average Bonchev–Trinajstić information content (AvgIpc) is 2.47. The number of aryl methyl sites for hydroxylation is 1. The highest BCUT2D eigenvalue weighted by Crippen LogP contribution is 2.05. The van der Waals surface area contributed by atoms with Gasteiger partial charge in [-0.2, -0.15) is 12.6 Å². The van der Waals surface area contributed by atoms with E-state index in [9.17, 15) is 4.79 Å². The van der Waals surface area contributed by atoms with Gasteiger partial charge in [0, 0.05) is 0 Å². The van der Waals surface area contributed by atoms with Gasteiger partial charge in [-0.3, -0.25) is 4.79 Å². The molecule has 0 atom stereocenters. The van der Waals surface area contributed by atoms with E-state index in [0.29, 0.717) is 6.54 Å². The minimum absolute atomic E-state index is 0.0904. The van der Waals surface area contributed by atoms with Gasteiger partial charge in [0.1, 0.15) is 11.5 Å². The van der Waals surface area contributed by atoms with Gasteiger partial charge in [-0.1, -0.05) is 0 Å². The van der Waals surface area contributed by atoms with Crippen molar-refractivity contribution in [3.63, 3.8) is 0 Å². The van der Waals surface area contributed by atoms with Crippen LogP contribution >= 0.6 is 12.6 Å². The molecule has 4 heteroatoms. The first-order valence-electron chi connectivity index (χ1n) is 3.65. The number of rotatable bonds is 3. The molecule has 0 aromatic carbocycles. The number of furan rings is 1. The van der Waals surface area contributed by atoms with Crippen LogP contribution in [0.25, 0.3) is 0 Å². The standard InChI is InChI=1S/C8H11NO2S/c1-6-2-3-7(11-6)4-9-8(10)5-12/h2-3,12H,4-5H2,1H3,(H,9,10). The zero-order valence-corrected chi connectivity index (χ0v) is 7.73. The lowest BCUT2D eigenvalue weighted by atomic mass is 10.4. The van der Waals surface area contributed by atoms with E-state index in [1.807, 2.05) is 19.1 Å². The highest BCUT2D eigenvalue weighted by atomic mass is 32.1. The highest BCUT2D eigenvalue weighted by Gasteiger charge is 2.00. The Kier molecular flexibility index (Phi) is 3.22. The van der Waals surface area contributed by atoms with Gasteiger partial charge >= 0.3 is 0 Å². The summed E-state index contributed by atoms with van der Waals surface area (Å²) in [7, 11) is 0. The predicted octanol–water partition coefficient (Wildman–Crippen LogP) is 1.13. The summed E-state index contributed by atoms with van der Waals surface area (Å²) in [5, 5.41) is 2.65. The predicted molar refractivity (Wildman–Crippen MR) is 49.1 cm³/mol. The number of thiol groups is 1. The van der Waals surface area contributed by atoms with Crippen LogP contribution in [0.15, 0.2) is 16.5 Å². The smallest absolute Gasteiger partial charge is 0.230 e. The Morgan fingerprint density at radius 1 is 1.67 bits per heavy atom. The van der Waals surface area contributed by atoms with Gasteiger partial charge in [-0.25, -0.2) is 0 Å². The molecule has 1 amide bonds. The molecule has 1 heterocycles. The second-order valence-electron chi connectivity index (χ2n) is 2.45. The molecule has 1 aromatic rings. The third-order valence-corrected chi connectivity index (χ3v) is 1.69. The molecule has 0 saturated heterocycles. The van der Waals surface area contributed by atoms with Crippen LogP contribution in [0.1, 0.15) is 11.5 Å². The average molecular weight is 185 g/mol. The van der Waals surface area contributed by atoms with Crippen LogP contribution in [0.5, 0.6) is 0 Å². The van der Waals surface area contributed by atoms with Crippen molar-refractivity contribution in [1.82, 2.24) is 5.32 Å². The molecule has 0 saturated carbocycles. The number of carbonyl (C=O) groups excluding carboxylic acids is 1. The van der Waals surface area contributed by atoms with Crippen LogP contribution in [-0.4, -0.2) is 11.7 Å². The van der Waals surface area contributed by atoms with E-state index in [-0.39, 0.29) is 11.7 Å². The maximum atomic E-state index is 10.8. The summed E-state index contributed by atoms with van der Waals surface area (Å²) < 4.78 is 5.24. The van der Waals surface area contributed by atoms with Gasteiger partial charge in [0.2, 0.25) is 5.91 Å². The van der Waals surface area contributed by atoms with Crippen LogP contribution in [0.3, 0.4) is 0 Å². The lowest BCUT2D eigenvalue weighted by Crippen LogP contribution is -2.23. The van der Waals surface area contributed by atoms with Crippen molar-refractivity contribution in [2.24, 2.45) is 0 Å². The van der Waals surface area contributed by atoms with Crippen molar-refractivity contribution in [3.8, 4) is 0 Å². The Balaban J connectivity index is 2.38. The summed E-state index contributed by atoms with van der Waals surface area (Å²) in [6.07, 6.45) is 0. The van der Waals surface area contributed by atoms with Crippen LogP contribution in [-0.2, 0) is 11.3 Å². The van der Waals surface area contributed by atoms with E-state index in [4.69, 9.17) is 4.42 Å². The topological polar surface area (TPSA) is 42.2 Å². The number of amides is 1. The molecule has 0 unspecified atom stereocenters. The summed E-state index contributed by atoms with van der Waals surface area (Å²) in [4.78, 5) is 10.8. The largest absolute Gasteiger partial charge is 0.465 e. The van der Waals surface area contributed by atoms with Crippen molar-refractivity contribution in [2.45, 2.75) is 13.5 Å². The summed E-state index contributed by atoms with van der Waals surface area (Å²) >= 11 is 3.82. The molecule has 0 aliphatic rings. The normalized spacial score (nSPS) is 9.83. The molecule has 12 heavy (non-hydrogen) atoms. The second-order valence-corrected chi connectivity index (χ2v) is 2.76. The van der Waals surface area contributed by atoms with Gasteiger partial charge in [0.15, 0.2) is 0 Å². The van der Waals surface area contributed by atoms with Gasteiger partial charge in [0.25, 0.3) is 0 Å². The lowest BCUT2D eigenvalue weighted by molar-refractivity contribution is -0.118. The molecular weight excluding hydrogens is 174 g/mol. The fourth-order valence-corrected chi connectivity index (χ4v) is 0.934. The molecule has 1 N–H and O–H groups in total. The molecule has 0 aliphatic carbocycles.